The molecule has 5 rings (SSSR count). The number of halogens is 1. The van der Waals surface area contributed by atoms with Crippen molar-refractivity contribution in [3.8, 4) is 0 Å². The molecule has 0 saturated carbocycles. The lowest BCUT2D eigenvalue weighted by molar-refractivity contribution is 0.181. The van der Waals surface area contributed by atoms with Crippen LogP contribution in [0.1, 0.15) is 37.2 Å². The molecule has 0 bridgehead atoms. The summed E-state index contributed by atoms with van der Waals surface area (Å²) in [5.41, 5.74) is 2.82. The summed E-state index contributed by atoms with van der Waals surface area (Å²) in [5.74, 6) is 0.709. The van der Waals surface area contributed by atoms with Crippen LogP contribution in [0.25, 0.3) is 10.9 Å². The molecular weight excluding hydrogens is 451 g/mol. The van der Waals surface area contributed by atoms with Crippen LogP contribution >= 0.6 is 34.4 Å². The molecule has 0 spiro atoms. The van der Waals surface area contributed by atoms with Gasteiger partial charge in [-0.3, -0.25) is 0 Å². The van der Waals surface area contributed by atoms with E-state index in [1.54, 1.807) is 0 Å². The Kier molecular flexibility index (Phi) is 4.75. The highest BCUT2D eigenvalue weighted by Gasteiger charge is 2.33. The predicted octanol–water partition coefficient (Wildman–Crippen LogP) is 6.27. The van der Waals surface area contributed by atoms with E-state index in [1.165, 1.54) is 68.6 Å². The van der Waals surface area contributed by atoms with Gasteiger partial charge < -0.3 is 9.88 Å². The van der Waals surface area contributed by atoms with Crippen LogP contribution in [-0.4, -0.2) is 29.0 Å². The van der Waals surface area contributed by atoms with Crippen molar-refractivity contribution >= 4 is 45.3 Å². The minimum Gasteiger partial charge on any atom is -0.361 e. The van der Waals surface area contributed by atoms with Gasteiger partial charge in [-0.1, -0.05) is 17.8 Å². The van der Waals surface area contributed by atoms with Crippen molar-refractivity contribution in [2.45, 2.75) is 47.4 Å². The van der Waals surface area contributed by atoms with Crippen LogP contribution in [0.5, 0.6) is 0 Å². The Bertz CT molecular complexity index is 935. The molecule has 2 aromatic carbocycles. The number of H-pyrrole nitrogens is 1. The van der Waals surface area contributed by atoms with Gasteiger partial charge in [-0.05, 0) is 109 Å². The lowest BCUT2D eigenvalue weighted by Crippen LogP contribution is -2.37. The van der Waals surface area contributed by atoms with Crippen molar-refractivity contribution in [2.75, 3.05) is 13.1 Å². The summed E-state index contributed by atoms with van der Waals surface area (Å²) in [6.07, 6.45) is 7.70. The highest BCUT2D eigenvalue weighted by molar-refractivity contribution is 14.1. The number of nitrogens with zero attached hydrogens (tertiary/aromatic N) is 1. The van der Waals surface area contributed by atoms with Gasteiger partial charge in [0.15, 0.2) is 0 Å². The second-order valence-corrected chi connectivity index (χ2v) is 9.96. The van der Waals surface area contributed by atoms with Crippen molar-refractivity contribution in [1.29, 1.82) is 0 Å². The topological polar surface area (TPSA) is 19.0 Å². The molecule has 134 valence electrons. The van der Waals surface area contributed by atoms with E-state index in [4.69, 9.17) is 0 Å². The van der Waals surface area contributed by atoms with E-state index in [0.717, 1.165) is 6.04 Å². The summed E-state index contributed by atoms with van der Waals surface area (Å²) in [6, 6.07) is 16.4. The third-order valence-corrected chi connectivity index (χ3v) is 7.63. The number of aromatic amines is 1. The first kappa shape index (κ1) is 17.1. The van der Waals surface area contributed by atoms with Crippen LogP contribution in [-0.2, 0) is 0 Å². The van der Waals surface area contributed by atoms with E-state index in [1.807, 2.05) is 11.8 Å². The van der Waals surface area contributed by atoms with Gasteiger partial charge in [0.05, 0.1) is 0 Å². The quantitative estimate of drug-likeness (QED) is 0.452. The van der Waals surface area contributed by atoms with Crippen LogP contribution in [0, 0.1) is 3.57 Å². The molecule has 3 heterocycles. The first-order valence-corrected chi connectivity index (χ1v) is 11.4. The summed E-state index contributed by atoms with van der Waals surface area (Å²) < 4.78 is 1.29. The normalized spacial score (nSPS) is 23.4. The molecular formula is C22H23IN2S. The van der Waals surface area contributed by atoms with Crippen molar-refractivity contribution in [3.63, 3.8) is 0 Å². The van der Waals surface area contributed by atoms with Crippen LogP contribution in [0.3, 0.4) is 0 Å². The van der Waals surface area contributed by atoms with E-state index in [9.17, 15) is 0 Å². The first-order chi connectivity index (χ1) is 12.8. The van der Waals surface area contributed by atoms with Gasteiger partial charge in [-0.25, -0.2) is 0 Å². The minimum absolute atomic E-state index is 0.709. The fourth-order valence-electron chi connectivity index (χ4n) is 4.70. The predicted molar refractivity (Wildman–Crippen MR) is 118 cm³/mol. The molecule has 0 radical (unpaired) electrons. The Balaban J connectivity index is 1.43. The van der Waals surface area contributed by atoms with Crippen molar-refractivity contribution < 1.29 is 0 Å². The molecule has 2 saturated heterocycles. The van der Waals surface area contributed by atoms with Gasteiger partial charge in [0.25, 0.3) is 0 Å². The summed E-state index contributed by atoms with van der Waals surface area (Å²) >= 11 is 4.25. The zero-order valence-electron chi connectivity index (χ0n) is 14.7. The minimum atomic E-state index is 0.709. The maximum atomic E-state index is 3.52. The van der Waals surface area contributed by atoms with Gasteiger partial charge in [0, 0.05) is 36.5 Å². The second-order valence-electron chi connectivity index (χ2n) is 7.56. The fraction of sp³-hybridized carbons (Fsp3) is 0.364. The Hall–Kier alpha value is -0.980. The Labute approximate surface area is 172 Å². The summed E-state index contributed by atoms with van der Waals surface area (Å²) in [5, 5.41) is 1.43. The number of benzene rings is 2. The van der Waals surface area contributed by atoms with Gasteiger partial charge in [-0.15, -0.1) is 0 Å². The lowest BCUT2D eigenvalue weighted by Gasteiger charge is -2.34. The van der Waals surface area contributed by atoms with E-state index in [2.05, 4.69) is 81.1 Å². The number of hydrogen-bond acceptors (Lipinski definition) is 2. The summed E-state index contributed by atoms with van der Waals surface area (Å²) in [6.45, 7) is 2.60. The molecule has 2 aliphatic heterocycles. The Morgan fingerprint density at radius 1 is 1.04 bits per heavy atom. The third-order valence-electron chi connectivity index (χ3n) is 5.98. The van der Waals surface area contributed by atoms with Crippen molar-refractivity contribution in [2.24, 2.45) is 0 Å². The zero-order chi connectivity index (χ0) is 17.5. The highest BCUT2D eigenvalue weighted by atomic mass is 127. The average Bonchev–Trinajstić information content (AvgIpc) is 3.27. The molecule has 2 nitrogen and oxygen atoms in total. The number of rotatable bonds is 3. The van der Waals surface area contributed by atoms with Crippen LogP contribution < -0.4 is 0 Å². The molecule has 2 atom stereocenters. The number of piperidine rings is 1. The van der Waals surface area contributed by atoms with E-state index < -0.39 is 0 Å². The van der Waals surface area contributed by atoms with Crippen LogP contribution in [0.15, 0.2) is 58.5 Å². The Morgan fingerprint density at radius 2 is 1.96 bits per heavy atom. The molecule has 2 aliphatic rings. The molecule has 2 fully saturated rings. The molecule has 1 N–H and O–H groups in total. The number of fused-ring (bicyclic) bond motifs is 2. The number of aromatic nitrogens is 1. The van der Waals surface area contributed by atoms with E-state index in [-0.39, 0.29) is 0 Å². The maximum absolute atomic E-state index is 3.52. The summed E-state index contributed by atoms with van der Waals surface area (Å²) in [4.78, 5) is 8.88. The average molecular weight is 474 g/mol. The van der Waals surface area contributed by atoms with E-state index >= 15 is 0 Å². The Morgan fingerprint density at radius 3 is 2.88 bits per heavy atom. The van der Waals surface area contributed by atoms with Gasteiger partial charge >= 0.3 is 0 Å². The smallest absolute Gasteiger partial charge is 0.0457 e. The molecule has 4 heteroatoms. The molecule has 0 aliphatic carbocycles. The third kappa shape index (κ3) is 3.32. The van der Waals surface area contributed by atoms with Gasteiger partial charge in [0.1, 0.15) is 0 Å². The molecule has 3 aromatic rings. The SMILES string of the molecule is Ic1cccc(Sc2ccc3[nH]cc(C4CCN5CCCC5C4)c3c2)c1. The second kappa shape index (κ2) is 7.21. The monoisotopic (exact) mass is 474 g/mol. The summed E-state index contributed by atoms with van der Waals surface area (Å²) in [7, 11) is 0. The fourth-order valence-corrected chi connectivity index (χ4v) is 6.37. The lowest BCUT2D eigenvalue weighted by atomic mass is 9.85. The molecule has 2 unspecified atom stereocenters. The highest BCUT2D eigenvalue weighted by Crippen LogP contribution is 2.40. The molecule has 0 amide bonds. The largest absolute Gasteiger partial charge is 0.361 e. The van der Waals surface area contributed by atoms with Gasteiger partial charge in [-0.2, -0.15) is 0 Å². The number of nitrogens with one attached hydrogen (secondary N) is 1. The van der Waals surface area contributed by atoms with E-state index in [0.29, 0.717) is 5.92 Å². The first-order valence-electron chi connectivity index (χ1n) is 9.55. The maximum Gasteiger partial charge on any atom is 0.0457 e. The van der Waals surface area contributed by atoms with Crippen molar-refractivity contribution in [3.05, 3.63) is 57.8 Å². The van der Waals surface area contributed by atoms with Gasteiger partial charge in [0.2, 0.25) is 0 Å². The van der Waals surface area contributed by atoms with Crippen LogP contribution in [0.2, 0.25) is 0 Å². The molecule has 26 heavy (non-hydrogen) atoms. The zero-order valence-corrected chi connectivity index (χ0v) is 17.7. The standard InChI is InChI=1S/C22H23IN2S/c23-16-3-1-5-18(12-16)26-19-6-7-22-20(13-19)21(14-24-22)15-8-10-25-9-2-4-17(25)11-15/h1,3,5-7,12-15,17,24H,2,4,8-11H2. The van der Waals surface area contributed by atoms with Crippen molar-refractivity contribution in [1.82, 2.24) is 9.88 Å². The number of hydrogen-bond donors (Lipinski definition) is 1. The van der Waals surface area contributed by atoms with Crippen LogP contribution in [0.4, 0.5) is 0 Å². The molecule has 1 aromatic heterocycles.